The Hall–Kier alpha value is -1.94. The second kappa shape index (κ2) is 7.52. The number of aromatic nitrogens is 2. The van der Waals surface area contributed by atoms with Crippen LogP contribution in [-0.2, 0) is 14.6 Å². The smallest absolute Gasteiger partial charge is 0.409 e. The van der Waals surface area contributed by atoms with Gasteiger partial charge in [-0.1, -0.05) is 0 Å². The minimum absolute atomic E-state index is 0.0515. The molecule has 0 aromatic carbocycles. The van der Waals surface area contributed by atoms with Crippen LogP contribution in [0.25, 0.3) is 0 Å². The van der Waals surface area contributed by atoms with Crippen molar-refractivity contribution >= 4 is 21.9 Å². The van der Waals surface area contributed by atoms with E-state index in [1.165, 1.54) is 12.5 Å². The summed E-state index contributed by atoms with van der Waals surface area (Å²) < 4.78 is 29.0. The molecule has 2 aliphatic heterocycles. The van der Waals surface area contributed by atoms with Crippen molar-refractivity contribution in [2.24, 2.45) is 0 Å². The molecular formula is C15H23N5O4S. The Morgan fingerprint density at radius 3 is 2.96 bits per heavy atom. The van der Waals surface area contributed by atoms with E-state index in [4.69, 9.17) is 4.74 Å². The maximum Gasteiger partial charge on any atom is 0.409 e. The molecule has 0 saturated carbocycles. The summed E-state index contributed by atoms with van der Waals surface area (Å²) in [7, 11) is -3.39. The lowest BCUT2D eigenvalue weighted by Crippen LogP contribution is -2.31. The van der Waals surface area contributed by atoms with E-state index in [0.29, 0.717) is 44.4 Å². The van der Waals surface area contributed by atoms with Gasteiger partial charge in [0.15, 0.2) is 9.84 Å². The van der Waals surface area contributed by atoms with Gasteiger partial charge < -0.3 is 20.3 Å². The molecule has 0 aliphatic carbocycles. The van der Waals surface area contributed by atoms with Crippen LogP contribution in [0.3, 0.4) is 0 Å². The highest BCUT2D eigenvalue weighted by Crippen LogP contribution is 2.27. The number of rotatable bonds is 6. The van der Waals surface area contributed by atoms with Crippen LogP contribution in [0.4, 0.5) is 10.7 Å². The van der Waals surface area contributed by atoms with Crippen LogP contribution in [0.15, 0.2) is 11.1 Å². The molecule has 0 spiro atoms. The molecule has 1 aromatic rings. The van der Waals surface area contributed by atoms with Gasteiger partial charge in [0.25, 0.3) is 0 Å². The van der Waals surface area contributed by atoms with Gasteiger partial charge in [-0.15, -0.1) is 0 Å². The minimum Gasteiger partial charge on any atom is -0.448 e. The molecule has 25 heavy (non-hydrogen) atoms. The van der Waals surface area contributed by atoms with Crippen LogP contribution in [0.5, 0.6) is 0 Å². The molecule has 10 heteroatoms. The van der Waals surface area contributed by atoms with E-state index in [9.17, 15) is 13.2 Å². The van der Waals surface area contributed by atoms with Crippen LogP contribution in [0.1, 0.15) is 24.5 Å². The van der Waals surface area contributed by atoms with Crippen molar-refractivity contribution in [1.29, 1.82) is 0 Å². The largest absolute Gasteiger partial charge is 0.448 e. The van der Waals surface area contributed by atoms with Gasteiger partial charge in [0, 0.05) is 31.8 Å². The molecule has 0 bridgehead atoms. The number of sulfone groups is 1. The number of nitrogens with one attached hydrogen (secondary N) is 2. The van der Waals surface area contributed by atoms with Crippen molar-refractivity contribution < 1.29 is 17.9 Å². The zero-order valence-electron chi connectivity index (χ0n) is 14.2. The van der Waals surface area contributed by atoms with Crippen molar-refractivity contribution in [3.63, 3.8) is 0 Å². The molecule has 138 valence electrons. The summed E-state index contributed by atoms with van der Waals surface area (Å²) in [5.41, 5.74) is 0.563. The van der Waals surface area contributed by atoms with Crippen LogP contribution in [0.2, 0.25) is 0 Å². The highest BCUT2D eigenvalue weighted by Gasteiger charge is 2.25. The molecule has 2 N–H and O–H groups in total. The standard InChI is InChI=1S/C15H23N5O4S/c1-25(22,23)12-10-18-14(17-5-6-20-7-8-24-15(20)21)19-13(12)11-3-2-4-16-9-11/h10-11,16H,2-9H2,1H3,(H,17,18,19). The summed E-state index contributed by atoms with van der Waals surface area (Å²) in [4.78, 5) is 21.8. The Balaban J connectivity index is 1.72. The van der Waals surface area contributed by atoms with Crippen molar-refractivity contribution in [1.82, 2.24) is 20.2 Å². The number of nitrogens with zero attached hydrogens (tertiary/aromatic N) is 3. The lowest BCUT2D eigenvalue weighted by molar-refractivity contribution is 0.159. The van der Waals surface area contributed by atoms with Gasteiger partial charge in [0.1, 0.15) is 11.5 Å². The van der Waals surface area contributed by atoms with Crippen LogP contribution < -0.4 is 10.6 Å². The summed E-state index contributed by atoms with van der Waals surface area (Å²) in [5.74, 6) is 0.427. The summed E-state index contributed by atoms with van der Waals surface area (Å²) in [5, 5.41) is 6.35. The third-order valence-electron chi connectivity index (χ3n) is 4.38. The normalized spacial score (nSPS) is 21.2. The lowest BCUT2D eigenvalue weighted by atomic mass is 9.96. The fourth-order valence-electron chi connectivity index (χ4n) is 3.06. The molecule has 9 nitrogen and oxygen atoms in total. The van der Waals surface area contributed by atoms with E-state index in [-0.39, 0.29) is 16.9 Å². The monoisotopic (exact) mass is 369 g/mol. The highest BCUT2D eigenvalue weighted by atomic mass is 32.2. The number of anilines is 1. The Bertz CT molecular complexity index is 733. The fourth-order valence-corrected chi connectivity index (χ4v) is 3.90. The van der Waals surface area contributed by atoms with Gasteiger partial charge in [0.05, 0.1) is 18.4 Å². The van der Waals surface area contributed by atoms with Gasteiger partial charge in [0.2, 0.25) is 5.95 Å². The van der Waals surface area contributed by atoms with E-state index in [2.05, 4.69) is 20.6 Å². The number of carbonyl (C=O) groups is 1. The number of hydrogen-bond acceptors (Lipinski definition) is 8. The van der Waals surface area contributed by atoms with Gasteiger partial charge in [-0.3, -0.25) is 0 Å². The maximum atomic E-state index is 12.1. The van der Waals surface area contributed by atoms with E-state index < -0.39 is 9.84 Å². The average molecular weight is 369 g/mol. The number of amides is 1. The van der Waals surface area contributed by atoms with Crippen LogP contribution in [0, 0.1) is 0 Å². The summed E-state index contributed by atoms with van der Waals surface area (Å²) >= 11 is 0. The molecule has 1 unspecified atom stereocenters. The second-order valence-corrected chi connectivity index (χ2v) is 8.27. The van der Waals surface area contributed by atoms with E-state index in [1.54, 1.807) is 4.90 Å². The Morgan fingerprint density at radius 1 is 1.48 bits per heavy atom. The first-order valence-corrected chi connectivity index (χ1v) is 10.3. The number of ether oxygens (including phenoxy) is 1. The number of hydrogen-bond donors (Lipinski definition) is 2. The topological polar surface area (TPSA) is 114 Å². The first-order valence-electron chi connectivity index (χ1n) is 8.38. The Morgan fingerprint density at radius 2 is 2.32 bits per heavy atom. The highest BCUT2D eigenvalue weighted by molar-refractivity contribution is 7.90. The van der Waals surface area contributed by atoms with Crippen molar-refractivity contribution in [3.05, 3.63) is 11.9 Å². The Labute approximate surface area is 147 Å². The summed E-state index contributed by atoms with van der Waals surface area (Å²) in [6, 6.07) is 0. The molecule has 2 saturated heterocycles. The summed E-state index contributed by atoms with van der Waals surface area (Å²) in [6.45, 7) is 3.59. The second-order valence-electron chi connectivity index (χ2n) is 6.29. The van der Waals surface area contributed by atoms with E-state index in [1.807, 2.05) is 0 Å². The molecule has 0 radical (unpaired) electrons. The Kier molecular flexibility index (Phi) is 5.38. The van der Waals surface area contributed by atoms with Crippen molar-refractivity contribution in [2.45, 2.75) is 23.7 Å². The molecule has 1 aromatic heterocycles. The zero-order valence-corrected chi connectivity index (χ0v) is 15.0. The first-order chi connectivity index (χ1) is 11.9. The van der Waals surface area contributed by atoms with Gasteiger partial charge >= 0.3 is 6.09 Å². The molecule has 1 amide bonds. The quantitative estimate of drug-likeness (QED) is 0.732. The predicted molar refractivity (Wildman–Crippen MR) is 91.4 cm³/mol. The molecule has 2 fully saturated rings. The third-order valence-corrected chi connectivity index (χ3v) is 5.49. The van der Waals surface area contributed by atoms with E-state index >= 15 is 0 Å². The lowest BCUT2D eigenvalue weighted by Gasteiger charge is -2.24. The SMILES string of the molecule is CS(=O)(=O)c1cnc(NCCN2CCOC2=O)nc1C1CCCNC1. The van der Waals surface area contributed by atoms with Gasteiger partial charge in [-0.2, -0.15) is 0 Å². The molecule has 1 atom stereocenters. The minimum atomic E-state index is -3.39. The third kappa shape index (κ3) is 4.37. The number of piperidine rings is 1. The van der Waals surface area contributed by atoms with Gasteiger partial charge in [-0.25, -0.2) is 23.2 Å². The zero-order chi connectivity index (χ0) is 17.9. The van der Waals surface area contributed by atoms with E-state index in [0.717, 1.165) is 19.4 Å². The first kappa shape index (κ1) is 17.9. The molecule has 2 aliphatic rings. The molecular weight excluding hydrogens is 346 g/mol. The van der Waals surface area contributed by atoms with Crippen LogP contribution in [-0.4, -0.2) is 75.0 Å². The van der Waals surface area contributed by atoms with Crippen molar-refractivity contribution in [3.8, 4) is 0 Å². The molecule has 3 rings (SSSR count). The number of carbonyl (C=O) groups excluding carboxylic acids is 1. The molecule has 3 heterocycles. The number of cyclic esters (lactones) is 1. The average Bonchev–Trinajstić information content (AvgIpc) is 3.00. The maximum absolute atomic E-state index is 12.1. The predicted octanol–water partition coefficient (Wildman–Crippen LogP) is 0.211. The fraction of sp³-hybridized carbons (Fsp3) is 0.667. The van der Waals surface area contributed by atoms with Crippen molar-refractivity contribution in [2.75, 3.05) is 50.9 Å². The van der Waals surface area contributed by atoms with Gasteiger partial charge in [-0.05, 0) is 19.4 Å². The van der Waals surface area contributed by atoms with Crippen LogP contribution >= 0.6 is 0 Å². The summed E-state index contributed by atoms with van der Waals surface area (Å²) in [6.07, 6.45) is 4.11.